The molecule has 0 aromatic carbocycles. The topological polar surface area (TPSA) is 68.5 Å². The lowest BCUT2D eigenvalue weighted by Crippen LogP contribution is -2.48. The second-order valence-corrected chi connectivity index (χ2v) is 3.57. The van der Waals surface area contributed by atoms with Crippen molar-refractivity contribution in [2.45, 2.75) is 19.1 Å². The molecule has 0 saturated carbocycles. The molecule has 80 valence electrons. The van der Waals surface area contributed by atoms with E-state index in [9.17, 15) is 4.79 Å². The summed E-state index contributed by atoms with van der Waals surface area (Å²) in [7, 11) is 1.67. The molecule has 2 N–H and O–H groups in total. The molecule has 15 heavy (non-hydrogen) atoms. The third-order valence-electron chi connectivity index (χ3n) is 2.53. The molecule has 1 amide bonds. The Morgan fingerprint density at radius 2 is 2.33 bits per heavy atom. The van der Waals surface area contributed by atoms with Crippen LogP contribution >= 0.6 is 0 Å². The zero-order valence-corrected chi connectivity index (χ0v) is 8.68. The third-order valence-corrected chi connectivity index (χ3v) is 2.53. The summed E-state index contributed by atoms with van der Waals surface area (Å²) in [5, 5.41) is 0. The van der Waals surface area contributed by atoms with Gasteiger partial charge in [-0.05, 0) is 19.1 Å². The quantitative estimate of drug-likeness (QED) is 0.657. The monoisotopic (exact) mass is 207 g/mol. The number of fused-ring (bicyclic) bond motifs is 1. The van der Waals surface area contributed by atoms with Gasteiger partial charge in [0, 0.05) is 13.2 Å². The molecule has 2 atom stereocenters. The van der Waals surface area contributed by atoms with E-state index in [-0.39, 0.29) is 12.0 Å². The van der Waals surface area contributed by atoms with Crippen molar-refractivity contribution in [1.29, 1.82) is 0 Å². The average Bonchev–Trinajstić information content (AvgIpc) is 2.32. The van der Waals surface area contributed by atoms with Crippen molar-refractivity contribution in [1.82, 2.24) is 4.98 Å². The number of amides is 1. The first-order chi connectivity index (χ1) is 7.11. The van der Waals surface area contributed by atoms with Gasteiger partial charge in [0.25, 0.3) is 0 Å². The average molecular weight is 207 g/mol. The Bertz CT molecular complexity index is 394. The number of hydrogen-bond donors (Lipinski definition) is 1. The maximum absolute atomic E-state index is 11.8. The molecule has 5 nitrogen and oxygen atoms in total. The largest absolute Gasteiger partial charge is 0.471 e. The first-order valence-electron chi connectivity index (χ1n) is 4.76. The predicted molar refractivity (Wildman–Crippen MR) is 55.7 cm³/mol. The Kier molecular flexibility index (Phi) is 2.32. The summed E-state index contributed by atoms with van der Waals surface area (Å²) in [6.45, 7) is 1.76. The Morgan fingerprint density at radius 1 is 1.60 bits per heavy atom. The summed E-state index contributed by atoms with van der Waals surface area (Å²) < 4.78 is 5.51. The predicted octanol–water partition coefficient (Wildman–Crippen LogP) is 0.153. The summed E-state index contributed by atoms with van der Waals surface area (Å²) in [6.07, 6.45) is 1.26. The maximum atomic E-state index is 11.8. The highest BCUT2D eigenvalue weighted by Crippen LogP contribution is 2.28. The van der Waals surface area contributed by atoms with Crippen LogP contribution in [0.3, 0.4) is 0 Å². The lowest BCUT2D eigenvalue weighted by atomic mass is 10.2. The molecule has 1 aromatic rings. The highest BCUT2D eigenvalue weighted by Gasteiger charge is 2.32. The number of hydrogen-bond acceptors (Lipinski definition) is 4. The van der Waals surface area contributed by atoms with Gasteiger partial charge in [-0.25, -0.2) is 4.98 Å². The van der Waals surface area contributed by atoms with Crippen LogP contribution in [-0.4, -0.2) is 30.1 Å². The minimum absolute atomic E-state index is 0.158. The van der Waals surface area contributed by atoms with Crippen molar-refractivity contribution in [2.24, 2.45) is 5.73 Å². The summed E-state index contributed by atoms with van der Waals surface area (Å²) in [6, 6.07) is 2.89. The number of pyridine rings is 1. The number of anilines is 1. The van der Waals surface area contributed by atoms with Crippen molar-refractivity contribution in [3.8, 4) is 5.88 Å². The van der Waals surface area contributed by atoms with Crippen molar-refractivity contribution in [3.63, 3.8) is 0 Å². The molecule has 1 aromatic heterocycles. The van der Waals surface area contributed by atoms with E-state index in [1.807, 2.05) is 0 Å². The smallest absolute Gasteiger partial charge is 0.247 e. The van der Waals surface area contributed by atoms with Gasteiger partial charge in [0.1, 0.15) is 17.8 Å². The van der Waals surface area contributed by atoms with Crippen LogP contribution in [0.5, 0.6) is 5.88 Å². The van der Waals surface area contributed by atoms with E-state index in [4.69, 9.17) is 10.5 Å². The molecule has 1 aliphatic heterocycles. The Balaban J connectivity index is 2.49. The highest BCUT2D eigenvalue weighted by molar-refractivity contribution is 5.98. The van der Waals surface area contributed by atoms with E-state index in [2.05, 4.69) is 4.98 Å². The minimum Gasteiger partial charge on any atom is -0.471 e. The molecular weight excluding hydrogens is 194 g/mol. The Hall–Kier alpha value is -1.62. The molecule has 0 aliphatic carbocycles. The van der Waals surface area contributed by atoms with Crippen LogP contribution in [0.4, 0.5) is 5.69 Å². The standard InChI is InChI=1S/C10H13N3O2/c1-6-8(11)10(14)13(2)7-4-3-5-12-9(7)15-6/h3-6,8H,11H2,1-2H3/t6-,8+/m1/s1. The molecule has 0 radical (unpaired) electrons. The summed E-state index contributed by atoms with van der Waals surface area (Å²) >= 11 is 0. The van der Waals surface area contributed by atoms with Gasteiger partial charge in [-0.2, -0.15) is 0 Å². The summed E-state index contributed by atoms with van der Waals surface area (Å²) in [5.74, 6) is 0.294. The number of aromatic nitrogens is 1. The van der Waals surface area contributed by atoms with Gasteiger partial charge in [0.2, 0.25) is 11.8 Å². The summed E-state index contributed by atoms with van der Waals surface area (Å²) in [5.41, 5.74) is 6.40. The van der Waals surface area contributed by atoms with Gasteiger partial charge in [0.15, 0.2) is 0 Å². The first kappa shape index (κ1) is 9.92. The van der Waals surface area contributed by atoms with Gasteiger partial charge in [0.05, 0.1) is 0 Å². The van der Waals surface area contributed by atoms with Gasteiger partial charge in [-0.3, -0.25) is 4.79 Å². The summed E-state index contributed by atoms with van der Waals surface area (Å²) in [4.78, 5) is 17.4. The number of nitrogens with zero attached hydrogens (tertiary/aromatic N) is 2. The molecule has 0 bridgehead atoms. The van der Waals surface area contributed by atoms with E-state index in [0.29, 0.717) is 11.6 Å². The van der Waals surface area contributed by atoms with Crippen LogP contribution in [-0.2, 0) is 4.79 Å². The Labute approximate surface area is 87.8 Å². The van der Waals surface area contributed by atoms with Gasteiger partial charge >= 0.3 is 0 Å². The molecule has 0 fully saturated rings. The van der Waals surface area contributed by atoms with Gasteiger partial charge in [-0.15, -0.1) is 0 Å². The van der Waals surface area contributed by atoms with Crippen LogP contribution in [0.2, 0.25) is 0 Å². The van der Waals surface area contributed by atoms with E-state index in [1.165, 1.54) is 4.90 Å². The number of nitrogens with two attached hydrogens (primary N) is 1. The van der Waals surface area contributed by atoms with Gasteiger partial charge < -0.3 is 15.4 Å². The van der Waals surface area contributed by atoms with Crippen LogP contribution < -0.4 is 15.4 Å². The van der Waals surface area contributed by atoms with Crippen LogP contribution in [0.25, 0.3) is 0 Å². The van der Waals surface area contributed by atoms with Crippen molar-refractivity contribution in [3.05, 3.63) is 18.3 Å². The molecule has 2 heterocycles. The van der Waals surface area contributed by atoms with Crippen molar-refractivity contribution >= 4 is 11.6 Å². The molecular formula is C10H13N3O2. The zero-order chi connectivity index (χ0) is 11.0. The van der Waals surface area contributed by atoms with Gasteiger partial charge in [-0.1, -0.05) is 0 Å². The number of likely N-dealkylation sites (N-methyl/N-ethyl adjacent to an activating group) is 1. The van der Waals surface area contributed by atoms with Crippen molar-refractivity contribution in [2.75, 3.05) is 11.9 Å². The fraction of sp³-hybridized carbons (Fsp3) is 0.400. The first-order valence-corrected chi connectivity index (χ1v) is 4.76. The maximum Gasteiger partial charge on any atom is 0.247 e. The fourth-order valence-electron chi connectivity index (χ4n) is 1.52. The second kappa shape index (κ2) is 3.51. The van der Waals surface area contributed by atoms with E-state index < -0.39 is 6.04 Å². The lowest BCUT2D eigenvalue weighted by molar-refractivity contribution is -0.120. The van der Waals surface area contributed by atoms with Crippen LogP contribution in [0.15, 0.2) is 18.3 Å². The molecule has 0 saturated heterocycles. The van der Waals surface area contributed by atoms with E-state index >= 15 is 0 Å². The molecule has 5 heteroatoms. The highest BCUT2D eigenvalue weighted by atomic mass is 16.5. The number of carbonyl (C=O) groups excluding carboxylic acids is 1. The third kappa shape index (κ3) is 1.55. The SMILES string of the molecule is C[C@H]1Oc2ncccc2N(C)C(=O)[C@H]1N. The zero-order valence-electron chi connectivity index (χ0n) is 8.68. The number of ether oxygens (including phenoxy) is 1. The second-order valence-electron chi connectivity index (χ2n) is 3.57. The number of rotatable bonds is 0. The Morgan fingerprint density at radius 3 is 3.07 bits per heavy atom. The molecule has 0 spiro atoms. The fourth-order valence-corrected chi connectivity index (χ4v) is 1.52. The lowest BCUT2D eigenvalue weighted by Gasteiger charge is -2.18. The van der Waals surface area contributed by atoms with E-state index in [0.717, 1.165) is 0 Å². The van der Waals surface area contributed by atoms with Crippen LogP contribution in [0, 0.1) is 0 Å². The van der Waals surface area contributed by atoms with E-state index in [1.54, 1.807) is 32.3 Å². The minimum atomic E-state index is -0.649. The normalized spacial score (nSPS) is 25.5. The van der Waals surface area contributed by atoms with Crippen LogP contribution in [0.1, 0.15) is 6.92 Å². The molecule has 1 aliphatic rings. The van der Waals surface area contributed by atoms with Crippen molar-refractivity contribution < 1.29 is 9.53 Å². The number of carbonyl (C=O) groups is 1. The molecule has 0 unspecified atom stereocenters. The molecule has 2 rings (SSSR count).